The Balaban J connectivity index is 2.28. The van der Waals surface area contributed by atoms with Crippen molar-refractivity contribution in [3.8, 4) is 0 Å². The highest BCUT2D eigenvalue weighted by Gasteiger charge is 2.15. The molecule has 100 valence electrons. The Bertz CT molecular complexity index is 604. The van der Waals surface area contributed by atoms with E-state index in [2.05, 4.69) is 15.9 Å². The van der Waals surface area contributed by atoms with Crippen LogP contribution in [0.5, 0.6) is 0 Å². The van der Waals surface area contributed by atoms with Gasteiger partial charge in [0, 0.05) is 10.5 Å². The maximum atomic E-state index is 13.4. The molecular weight excluding hydrogens is 352 g/mol. The summed E-state index contributed by atoms with van der Waals surface area (Å²) < 4.78 is 14.2. The van der Waals surface area contributed by atoms with E-state index in [1.165, 1.54) is 6.07 Å². The highest BCUT2D eigenvalue weighted by molar-refractivity contribution is 9.10. The molecule has 2 rings (SSSR count). The van der Waals surface area contributed by atoms with E-state index in [4.69, 9.17) is 28.9 Å². The smallest absolute Gasteiger partial charge is 0.142 e. The quantitative estimate of drug-likeness (QED) is 0.803. The zero-order chi connectivity index (χ0) is 14.0. The van der Waals surface area contributed by atoms with E-state index in [9.17, 15) is 4.39 Å². The highest BCUT2D eigenvalue weighted by atomic mass is 79.9. The fourth-order valence-corrected chi connectivity index (χ4v) is 2.71. The van der Waals surface area contributed by atoms with Crippen molar-refractivity contribution in [1.29, 1.82) is 0 Å². The molecule has 0 aliphatic heterocycles. The molecule has 1 nitrogen and oxygen atoms in total. The second-order valence-electron chi connectivity index (χ2n) is 4.17. The van der Waals surface area contributed by atoms with E-state index >= 15 is 0 Å². The number of rotatable bonds is 3. The Morgan fingerprint density at radius 1 is 1.11 bits per heavy atom. The molecule has 0 bridgehead atoms. The Morgan fingerprint density at radius 3 is 2.53 bits per heavy atom. The molecule has 0 saturated carbocycles. The molecule has 19 heavy (non-hydrogen) atoms. The zero-order valence-electron chi connectivity index (χ0n) is 9.84. The van der Waals surface area contributed by atoms with Gasteiger partial charge in [-0.05, 0) is 45.6 Å². The standard InChI is InChI=1S/C14H11BrCl2FN/c15-10-5-2-4-9(14(10)17)12(19)7-8-3-1-6-11(18)13(8)16/h1-6,12H,7,19H2. The highest BCUT2D eigenvalue weighted by Crippen LogP contribution is 2.32. The molecule has 0 amide bonds. The monoisotopic (exact) mass is 361 g/mol. The molecule has 0 fully saturated rings. The first kappa shape index (κ1) is 14.8. The van der Waals surface area contributed by atoms with Crippen LogP contribution in [0, 0.1) is 5.82 Å². The van der Waals surface area contributed by atoms with Gasteiger partial charge in [-0.1, -0.05) is 47.5 Å². The third-order valence-electron chi connectivity index (χ3n) is 2.85. The predicted molar refractivity (Wildman–Crippen MR) is 81.2 cm³/mol. The number of benzene rings is 2. The van der Waals surface area contributed by atoms with Gasteiger partial charge in [-0.3, -0.25) is 0 Å². The van der Waals surface area contributed by atoms with Crippen molar-refractivity contribution in [2.45, 2.75) is 12.5 Å². The zero-order valence-corrected chi connectivity index (χ0v) is 12.9. The Hall–Kier alpha value is -0.610. The third kappa shape index (κ3) is 3.29. The van der Waals surface area contributed by atoms with Crippen LogP contribution < -0.4 is 5.73 Å². The van der Waals surface area contributed by atoms with Crippen LogP contribution in [-0.4, -0.2) is 0 Å². The molecule has 5 heteroatoms. The van der Waals surface area contributed by atoms with Gasteiger partial charge >= 0.3 is 0 Å². The molecule has 0 aromatic heterocycles. The minimum Gasteiger partial charge on any atom is -0.324 e. The summed E-state index contributed by atoms with van der Waals surface area (Å²) in [6.45, 7) is 0. The molecule has 1 unspecified atom stereocenters. The van der Waals surface area contributed by atoms with Crippen molar-refractivity contribution >= 4 is 39.1 Å². The minimum absolute atomic E-state index is 0.115. The maximum absolute atomic E-state index is 13.4. The summed E-state index contributed by atoms with van der Waals surface area (Å²) >= 11 is 15.5. The molecule has 1 atom stereocenters. The number of halogens is 4. The molecule has 0 heterocycles. The largest absolute Gasteiger partial charge is 0.324 e. The summed E-state index contributed by atoms with van der Waals surface area (Å²) in [6, 6.07) is 9.91. The number of hydrogen-bond donors (Lipinski definition) is 1. The SMILES string of the molecule is NC(Cc1cccc(F)c1Cl)c1cccc(Br)c1Cl. The first-order valence-electron chi connectivity index (χ1n) is 5.63. The fourth-order valence-electron chi connectivity index (χ4n) is 1.86. The van der Waals surface area contributed by atoms with Crippen molar-refractivity contribution in [1.82, 2.24) is 0 Å². The van der Waals surface area contributed by atoms with E-state index in [1.807, 2.05) is 18.2 Å². The minimum atomic E-state index is -0.438. The lowest BCUT2D eigenvalue weighted by Crippen LogP contribution is -2.14. The predicted octanol–water partition coefficient (Wildman–Crippen LogP) is 5.14. The molecule has 0 aliphatic carbocycles. The van der Waals surface area contributed by atoms with Gasteiger partial charge in [0.05, 0.1) is 10.0 Å². The lowest BCUT2D eigenvalue weighted by Gasteiger charge is -2.15. The van der Waals surface area contributed by atoms with Crippen LogP contribution in [-0.2, 0) is 6.42 Å². The van der Waals surface area contributed by atoms with E-state index in [1.54, 1.807) is 12.1 Å². The third-order valence-corrected chi connectivity index (χ3v) is 4.59. The summed E-state index contributed by atoms with van der Waals surface area (Å²) in [5, 5.41) is 0.687. The fraction of sp³-hybridized carbons (Fsp3) is 0.143. The van der Waals surface area contributed by atoms with Crippen molar-refractivity contribution in [3.05, 3.63) is 67.9 Å². The lowest BCUT2D eigenvalue weighted by molar-refractivity contribution is 0.622. The number of nitrogens with two attached hydrogens (primary N) is 1. The Kier molecular flexibility index (Phi) is 4.85. The lowest BCUT2D eigenvalue weighted by atomic mass is 9.99. The Labute approximate surface area is 129 Å². The molecule has 2 N–H and O–H groups in total. The van der Waals surface area contributed by atoms with Gasteiger partial charge in [0.1, 0.15) is 5.82 Å². The van der Waals surface area contributed by atoms with Gasteiger partial charge in [-0.25, -0.2) is 4.39 Å². The van der Waals surface area contributed by atoms with Crippen LogP contribution in [0.25, 0.3) is 0 Å². The number of hydrogen-bond acceptors (Lipinski definition) is 1. The van der Waals surface area contributed by atoms with Crippen molar-refractivity contribution < 1.29 is 4.39 Å². The van der Waals surface area contributed by atoms with Gasteiger partial charge in [0.2, 0.25) is 0 Å². The summed E-state index contributed by atoms with van der Waals surface area (Å²) in [4.78, 5) is 0. The van der Waals surface area contributed by atoms with Crippen molar-refractivity contribution in [2.24, 2.45) is 5.73 Å². The molecule has 2 aromatic carbocycles. The van der Waals surface area contributed by atoms with E-state index in [0.29, 0.717) is 17.0 Å². The molecule has 0 aliphatic rings. The maximum Gasteiger partial charge on any atom is 0.142 e. The Morgan fingerprint density at radius 2 is 1.79 bits per heavy atom. The van der Waals surface area contributed by atoms with Crippen molar-refractivity contribution in [2.75, 3.05) is 0 Å². The first-order valence-corrected chi connectivity index (χ1v) is 7.18. The molecular formula is C14H11BrCl2FN. The first-order chi connectivity index (χ1) is 9.00. The molecule has 2 aromatic rings. The second kappa shape index (κ2) is 6.23. The average Bonchev–Trinajstić information content (AvgIpc) is 2.38. The van der Waals surface area contributed by atoms with Crippen LogP contribution in [0.15, 0.2) is 40.9 Å². The van der Waals surface area contributed by atoms with Gasteiger partial charge in [0.15, 0.2) is 0 Å². The summed E-state index contributed by atoms with van der Waals surface area (Å²) in [5.74, 6) is -0.438. The van der Waals surface area contributed by atoms with Crippen LogP contribution in [0.2, 0.25) is 10.0 Å². The van der Waals surface area contributed by atoms with Gasteiger partial charge < -0.3 is 5.73 Å². The average molecular weight is 363 g/mol. The topological polar surface area (TPSA) is 26.0 Å². The molecule has 0 radical (unpaired) electrons. The summed E-state index contributed by atoms with van der Waals surface area (Å²) in [7, 11) is 0. The van der Waals surface area contributed by atoms with E-state index in [-0.39, 0.29) is 11.1 Å². The van der Waals surface area contributed by atoms with Crippen molar-refractivity contribution in [3.63, 3.8) is 0 Å². The van der Waals surface area contributed by atoms with E-state index in [0.717, 1.165) is 10.0 Å². The van der Waals surface area contributed by atoms with Gasteiger partial charge in [-0.15, -0.1) is 0 Å². The van der Waals surface area contributed by atoms with Crippen LogP contribution in [0.1, 0.15) is 17.2 Å². The summed E-state index contributed by atoms with van der Waals surface area (Å²) in [6.07, 6.45) is 0.423. The molecule has 0 saturated heterocycles. The van der Waals surface area contributed by atoms with Crippen LogP contribution in [0.4, 0.5) is 4.39 Å². The normalized spacial score (nSPS) is 12.5. The van der Waals surface area contributed by atoms with Crippen LogP contribution in [0.3, 0.4) is 0 Å². The van der Waals surface area contributed by atoms with Crippen LogP contribution >= 0.6 is 39.1 Å². The van der Waals surface area contributed by atoms with Gasteiger partial charge in [-0.2, -0.15) is 0 Å². The molecule has 0 spiro atoms. The second-order valence-corrected chi connectivity index (χ2v) is 5.78. The van der Waals surface area contributed by atoms with E-state index < -0.39 is 5.82 Å². The summed E-state index contributed by atoms with van der Waals surface area (Å²) in [5.41, 5.74) is 7.60. The van der Waals surface area contributed by atoms with Gasteiger partial charge in [0.25, 0.3) is 0 Å².